The summed E-state index contributed by atoms with van der Waals surface area (Å²) in [6.07, 6.45) is 0. The number of benzene rings is 12. The van der Waals surface area contributed by atoms with Gasteiger partial charge in [0.15, 0.2) is 5.82 Å². The van der Waals surface area contributed by atoms with Gasteiger partial charge in [0.25, 0.3) is 0 Å². The molecule has 0 fully saturated rings. The molecule has 0 amide bonds. The fraction of sp³-hybridized carbons (Fsp3) is 0.0137. The number of aromatic nitrogens is 3. The summed E-state index contributed by atoms with van der Waals surface area (Å²) in [6, 6.07) is 100. The Morgan fingerprint density at radius 2 is 0.789 bits per heavy atom. The lowest BCUT2D eigenvalue weighted by molar-refractivity contribution is 0.794. The van der Waals surface area contributed by atoms with Crippen LogP contribution in [-0.4, -0.2) is 14.5 Å². The summed E-state index contributed by atoms with van der Waals surface area (Å²) in [5, 5.41) is 7.25. The van der Waals surface area contributed by atoms with Crippen molar-refractivity contribution in [2.75, 3.05) is 0 Å². The molecule has 14 aromatic rings. The lowest BCUT2D eigenvalue weighted by Crippen LogP contribution is -2.25. The first-order chi connectivity index (χ1) is 37.7. The Bertz CT molecular complexity index is 4640. The van der Waals surface area contributed by atoms with E-state index in [0.29, 0.717) is 5.82 Å². The highest BCUT2D eigenvalue weighted by Crippen LogP contribution is 2.63. The molecule has 0 unspecified atom stereocenters. The Kier molecular flexibility index (Phi) is 9.25. The number of nitrogens with zero attached hydrogens (tertiary/aromatic N) is 3. The molecule has 76 heavy (non-hydrogen) atoms. The molecule has 2 aromatic heterocycles. The Balaban J connectivity index is 0.968. The van der Waals surface area contributed by atoms with Crippen LogP contribution in [0.4, 0.5) is 0 Å². The minimum Gasteiger partial charge on any atom is -0.309 e. The Morgan fingerprint density at radius 3 is 1.50 bits per heavy atom. The zero-order chi connectivity index (χ0) is 49.9. The molecule has 3 nitrogen and oxygen atoms in total. The second kappa shape index (κ2) is 16.5. The second-order valence-electron chi connectivity index (χ2n) is 20.4. The van der Waals surface area contributed by atoms with Crippen molar-refractivity contribution in [1.82, 2.24) is 14.5 Å². The zero-order valence-electron chi connectivity index (χ0n) is 41.3. The third kappa shape index (κ3) is 6.23. The zero-order valence-corrected chi connectivity index (χ0v) is 41.3. The van der Waals surface area contributed by atoms with Gasteiger partial charge >= 0.3 is 0 Å². The van der Waals surface area contributed by atoms with Crippen molar-refractivity contribution >= 4 is 43.4 Å². The molecule has 0 N–H and O–H groups in total. The third-order valence-corrected chi connectivity index (χ3v) is 16.4. The van der Waals surface area contributed by atoms with Crippen molar-refractivity contribution in [3.63, 3.8) is 0 Å². The molecule has 0 saturated heterocycles. The fourth-order valence-electron chi connectivity index (χ4n) is 13.1. The molecule has 2 aliphatic carbocycles. The van der Waals surface area contributed by atoms with Crippen LogP contribution < -0.4 is 0 Å². The fourth-order valence-corrected chi connectivity index (χ4v) is 13.1. The predicted molar refractivity (Wildman–Crippen MR) is 315 cm³/mol. The van der Waals surface area contributed by atoms with Gasteiger partial charge in [-0.05, 0) is 137 Å². The van der Waals surface area contributed by atoms with E-state index in [1.807, 2.05) is 0 Å². The van der Waals surface area contributed by atoms with Gasteiger partial charge in [0, 0.05) is 33.2 Å². The molecule has 1 spiro atoms. The van der Waals surface area contributed by atoms with Crippen LogP contribution in [-0.2, 0) is 5.41 Å². The molecule has 0 aliphatic heterocycles. The lowest BCUT2D eigenvalue weighted by atomic mass is 9.70. The van der Waals surface area contributed by atoms with Crippen LogP contribution in [0.15, 0.2) is 273 Å². The minimum atomic E-state index is -0.484. The molecule has 0 atom stereocenters. The summed E-state index contributed by atoms with van der Waals surface area (Å²) in [7, 11) is 0. The standard InChI is InChI=1S/C73H45N3/c1-3-19-46(20-4-1)48-35-38-62-61-30-14-18-34-70(61)76(71(62)44-48)53-40-51(63-42-49-23-7-8-24-54(49)55-25-9-10-26-56(55)63)39-52(41-53)72-74-68(47-21-5-2-6-22-47)45-69(75-72)50-36-37-60-59-29-13-17-33-66(59)73(67(60)43-50)64-31-15-11-27-57(64)58-28-12-16-32-65(58)73/h1-45H. The van der Waals surface area contributed by atoms with Crippen molar-refractivity contribution in [2.45, 2.75) is 5.41 Å². The van der Waals surface area contributed by atoms with Gasteiger partial charge in [-0.15, -0.1) is 0 Å². The first-order valence-corrected chi connectivity index (χ1v) is 26.2. The van der Waals surface area contributed by atoms with Crippen LogP contribution in [0, 0.1) is 0 Å². The molecule has 16 rings (SSSR count). The van der Waals surface area contributed by atoms with Crippen LogP contribution in [0.5, 0.6) is 0 Å². The Morgan fingerprint density at radius 1 is 0.263 bits per heavy atom. The summed E-state index contributed by atoms with van der Waals surface area (Å²) in [5.74, 6) is 0.658. The van der Waals surface area contributed by atoms with E-state index < -0.39 is 5.41 Å². The molecule has 3 heteroatoms. The molecular formula is C73H45N3. The predicted octanol–water partition coefficient (Wildman–Crippen LogP) is 18.6. The van der Waals surface area contributed by atoms with Gasteiger partial charge in [0.05, 0.1) is 27.8 Å². The van der Waals surface area contributed by atoms with Crippen molar-refractivity contribution < 1.29 is 0 Å². The minimum absolute atomic E-state index is 0.484. The maximum atomic E-state index is 5.71. The molecule has 12 aromatic carbocycles. The van der Waals surface area contributed by atoms with Crippen molar-refractivity contribution in [2.24, 2.45) is 0 Å². The van der Waals surface area contributed by atoms with Crippen LogP contribution in [0.25, 0.3) is 127 Å². The van der Waals surface area contributed by atoms with E-state index in [4.69, 9.17) is 9.97 Å². The van der Waals surface area contributed by atoms with Crippen LogP contribution in [0.3, 0.4) is 0 Å². The van der Waals surface area contributed by atoms with Gasteiger partial charge in [-0.3, -0.25) is 0 Å². The summed E-state index contributed by atoms with van der Waals surface area (Å²) in [6.45, 7) is 0. The number of hydrogen-bond acceptors (Lipinski definition) is 2. The summed E-state index contributed by atoms with van der Waals surface area (Å²) < 4.78 is 2.45. The monoisotopic (exact) mass is 963 g/mol. The first kappa shape index (κ1) is 42.5. The number of rotatable bonds is 6. The molecule has 0 radical (unpaired) electrons. The summed E-state index contributed by atoms with van der Waals surface area (Å²) >= 11 is 0. The van der Waals surface area contributed by atoms with E-state index in [0.717, 1.165) is 55.9 Å². The molecule has 0 bridgehead atoms. The molecule has 352 valence electrons. The van der Waals surface area contributed by atoms with E-state index in [9.17, 15) is 0 Å². The summed E-state index contributed by atoms with van der Waals surface area (Å²) in [5.41, 5.74) is 22.5. The largest absolute Gasteiger partial charge is 0.309 e. The average molecular weight is 964 g/mol. The van der Waals surface area contributed by atoms with E-state index in [2.05, 4.69) is 278 Å². The SMILES string of the molecule is c1ccc(-c2ccc3c4ccccc4n(-c4cc(-c5nc(-c6ccccc6)cc(-c6ccc7c(c6)C6(c8ccccc8-c8ccccc86)c6ccccc6-7)n5)cc(-c5cc6ccccc6c6ccccc56)c4)c3c2)cc1. The third-order valence-electron chi connectivity index (χ3n) is 16.4. The maximum Gasteiger partial charge on any atom is 0.160 e. The highest BCUT2D eigenvalue weighted by molar-refractivity contribution is 6.14. The summed E-state index contributed by atoms with van der Waals surface area (Å²) in [4.78, 5) is 11.3. The van der Waals surface area contributed by atoms with Crippen molar-refractivity contribution in [3.8, 4) is 84.1 Å². The molecular weight excluding hydrogens is 919 g/mol. The lowest BCUT2D eigenvalue weighted by Gasteiger charge is -2.30. The van der Waals surface area contributed by atoms with E-state index in [1.165, 1.54) is 88.0 Å². The van der Waals surface area contributed by atoms with Gasteiger partial charge in [0.1, 0.15) is 0 Å². The highest BCUT2D eigenvalue weighted by Gasteiger charge is 2.51. The highest BCUT2D eigenvalue weighted by atomic mass is 15.0. The number of para-hydroxylation sites is 1. The molecule has 0 saturated carbocycles. The number of hydrogen-bond donors (Lipinski definition) is 0. The van der Waals surface area contributed by atoms with Crippen molar-refractivity contribution in [3.05, 3.63) is 295 Å². The molecule has 2 aliphatic rings. The van der Waals surface area contributed by atoms with Gasteiger partial charge in [-0.25, -0.2) is 9.97 Å². The van der Waals surface area contributed by atoms with Crippen LogP contribution >= 0.6 is 0 Å². The van der Waals surface area contributed by atoms with Crippen LogP contribution in [0.2, 0.25) is 0 Å². The smallest absolute Gasteiger partial charge is 0.160 e. The van der Waals surface area contributed by atoms with Crippen LogP contribution in [0.1, 0.15) is 22.3 Å². The van der Waals surface area contributed by atoms with E-state index in [-0.39, 0.29) is 0 Å². The van der Waals surface area contributed by atoms with Gasteiger partial charge in [-0.1, -0.05) is 224 Å². The Hall–Kier alpha value is -9.96. The van der Waals surface area contributed by atoms with Gasteiger partial charge < -0.3 is 4.57 Å². The number of fused-ring (bicyclic) bond motifs is 16. The quantitative estimate of drug-likeness (QED) is 0.156. The van der Waals surface area contributed by atoms with Gasteiger partial charge in [-0.2, -0.15) is 0 Å². The second-order valence-corrected chi connectivity index (χ2v) is 20.4. The Labute approximate surface area is 440 Å². The topological polar surface area (TPSA) is 30.7 Å². The van der Waals surface area contributed by atoms with Crippen molar-refractivity contribution in [1.29, 1.82) is 0 Å². The maximum absolute atomic E-state index is 5.71. The van der Waals surface area contributed by atoms with Gasteiger partial charge in [0.2, 0.25) is 0 Å². The van der Waals surface area contributed by atoms with E-state index >= 15 is 0 Å². The average Bonchev–Trinajstić information content (AvgIpc) is 4.32. The normalized spacial score (nSPS) is 12.8. The van der Waals surface area contributed by atoms with E-state index in [1.54, 1.807) is 0 Å². The molecule has 2 heterocycles. The first-order valence-electron chi connectivity index (χ1n) is 26.2.